The number of carbonyl (C=O) groups excluding carboxylic acids is 2. The smallest absolute Gasteiger partial charge is 0.332 e. The van der Waals surface area contributed by atoms with Crippen molar-refractivity contribution in [3.63, 3.8) is 0 Å². The van der Waals surface area contributed by atoms with Crippen LogP contribution in [-0.2, 0) is 20.9 Å². The van der Waals surface area contributed by atoms with Crippen LogP contribution in [0.4, 0.5) is 0 Å². The summed E-state index contributed by atoms with van der Waals surface area (Å²) < 4.78 is 6.04. The van der Waals surface area contributed by atoms with Crippen molar-refractivity contribution >= 4 is 34.9 Å². The third kappa shape index (κ3) is 4.54. The topological polar surface area (TPSA) is 101 Å². The van der Waals surface area contributed by atoms with Crippen LogP contribution < -0.4 is 20.1 Å². The normalized spacial score (nSPS) is 12.1. The van der Waals surface area contributed by atoms with E-state index < -0.39 is 17.4 Å². The van der Waals surface area contributed by atoms with E-state index in [1.54, 1.807) is 30.3 Å². The van der Waals surface area contributed by atoms with Crippen LogP contribution in [-0.4, -0.2) is 23.6 Å². The zero-order valence-electron chi connectivity index (χ0n) is 16.0. The van der Waals surface area contributed by atoms with Gasteiger partial charge < -0.3 is 10.1 Å². The van der Waals surface area contributed by atoms with Gasteiger partial charge in [-0.1, -0.05) is 48.5 Å². The van der Waals surface area contributed by atoms with E-state index in [4.69, 9.17) is 0 Å². The lowest BCUT2D eigenvalue weighted by atomic mass is 10.2. The van der Waals surface area contributed by atoms with Crippen LogP contribution in [0.2, 0.25) is 0 Å². The number of nitrogens with one attached hydrogen (secondary N) is 1. The number of ether oxygens (including phenoxy) is 1. The number of nitriles is 1. The molecule has 0 spiro atoms. The maximum Gasteiger partial charge on any atom is 0.332 e. The van der Waals surface area contributed by atoms with Gasteiger partial charge in [0.1, 0.15) is 15.3 Å². The number of methoxy groups -OCH3 is 1. The lowest BCUT2D eigenvalue weighted by Crippen LogP contribution is -2.34. The number of rotatable bonds is 5. The molecule has 0 bridgehead atoms. The highest BCUT2D eigenvalue weighted by molar-refractivity contribution is 7.07. The van der Waals surface area contributed by atoms with Crippen molar-refractivity contribution in [2.45, 2.75) is 6.54 Å². The summed E-state index contributed by atoms with van der Waals surface area (Å²) >= 11 is 0.881. The summed E-state index contributed by atoms with van der Waals surface area (Å²) in [6.45, 7) is 0.229. The monoisotopic (exact) mass is 419 g/mol. The van der Waals surface area contributed by atoms with Crippen molar-refractivity contribution < 1.29 is 14.3 Å². The Morgan fingerprint density at radius 3 is 2.37 bits per heavy atom. The second-order valence-electron chi connectivity index (χ2n) is 6.07. The molecule has 1 N–H and O–H groups in total. The molecule has 0 aliphatic carbocycles. The molecule has 30 heavy (non-hydrogen) atoms. The summed E-state index contributed by atoms with van der Waals surface area (Å²) in [6.07, 6.45) is 1.05. The zero-order chi connectivity index (χ0) is 21.5. The Labute approximate surface area is 175 Å². The Bertz CT molecular complexity index is 1290. The molecule has 7 nitrogen and oxygen atoms in total. The largest absolute Gasteiger partial charge is 0.466 e. The number of aromatic nitrogens is 1. The molecule has 1 amide bonds. The number of carbonyl (C=O) groups is 2. The lowest BCUT2D eigenvalue weighted by Gasteiger charge is -2.06. The average molecular weight is 419 g/mol. The number of nitrogens with zero attached hydrogens (tertiary/aromatic N) is 2. The lowest BCUT2D eigenvalue weighted by molar-refractivity contribution is -0.133. The van der Waals surface area contributed by atoms with E-state index in [0.29, 0.717) is 5.69 Å². The van der Waals surface area contributed by atoms with Crippen molar-refractivity contribution in [3.05, 3.63) is 85.8 Å². The fourth-order valence-corrected chi connectivity index (χ4v) is 3.75. The van der Waals surface area contributed by atoms with Crippen LogP contribution in [0, 0.1) is 11.3 Å². The standard InChI is InChI=1S/C22H17N3O4S/c1-29-19(26)12-18-21(28)25(16-10-6-3-7-11-16)22(30-18)17(13-23)20(27)24-14-15-8-4-2-5-9-15/h2-12H,14H2,1H3,(H,24,27)/b18-12+,22-17+. The van der Waals surface area contributed by atoms with Crippen LogP contribution >= 0.6 is 11.3 Å². The first-order chi connectivity index (χ1) is 14.5. The summed E-state index contributed by atoms with van der Waals surface area (Å²) in [5.41, 5.74) is 0.605. The molecule has 3 rings (SSSR count). The van der Waals surface area contributed by atoms with E-state index >= 15 is 0 Å². The summed E-state index contributed by atoms with van der Waals surface area (Å²) in [7, 11) is 1.20. The Morgan fingerprint density at radius 1 is 1.13 bits per heavy atom. The SMILES string of the molecule is COC(=O)/C=c1/s/c(=C(\C#N)C(=O)NCc2ccccc2)n(-c2ccccc2)c1=O. The highest BCUT2D eigenvalue weighted by Gasteiger charge is 2.17. The van der Waals surface area contributed by atoms with Crippen molar-refractivity contribution in [1.82, 2.24) is 9.88 Å². The van der Waals surface area contributed by atoms with Gasteiger partial charge in [-0.3, -0.25) is 14.2 Å². The molecule has 0 radical (unpaired) electrons. The van der Waals surface area contributed by atoms with E-state index in [-0.39, 0.29) is 21.3 Å². The number of thiazole rings is 1. The molecule has 1 heterocycles. The highest BCUT2D eigenvalue weighted by atomic mass is 32.1. The van der Waals surface area contributed by atoms with Crippen LogP contribution in [0.5, 0.6) is 0 Å². The van der Waals surface area contributed by atoms with Gasteiger partial charge in [0.2, 0.25) is 0 Å². The number of amides is 1. The number of para-hydroxylation sites is 1. The van der Waals surface area contributed by atoms with E-state index in [1.807, 2.05) is 36.4 Å². The van der Waals surface area contributed by atoms with E-state index in [9.17, 15) is 19.6 Å². The van der Waals surface area contributed by atoms with Gasteiger partial charge in [0.15, 0.2) is 5.57 Å². The molecule has 0 unspecified atom stereocenters. The molecule has 2 aromatic carbocycles. The second-order valence-corrected chi connectivity index (χ2v) is 7.10. The fourth-order valence-electron chi connectivity index (χ4n) is 2.69. The van der Waals surface area contributed by atoms with Gasteiger partial charge in [-0.25, -0.2) is 4.79 Å². The fraction of sp³-hybridized carbons (Fsp3) is 0.0909. The van der Waals surface area contributed by atoms with Gasteiger partial charge >= 0.3 is 5.97 Å². The maximum atomic E-state index is 12.9. The third-order valence-corrected chi connectivity index (χ3v) is 5.23. The predicted molar refractivity (Wildman–Crippen MR) is 113 cm³/mol. The molecule has 0 atom stereocenters. The van der Waals surface area contributed by atoms with E-state index in [0.717, 1.165) is 23.0 Å². The molecular formula is C22H17N3O4S. The average Bonchev–Trinajstić information content (AvgIpc) is 3.09. The molecule has 0 saturated heterocycles. The first kappa shape index (κ1) is 20.8. The van der Waals surface area contributed by atoms with Crippen molar-refractivity contribution in [1.29, 1.82) is 5.26 Å². The molecule has 1 aromatic heterocycles. The van der Waals surface area contributed by atoms with E-state index in [1.165, 1.54) is 11.7 Å². The molecular weight excluding hydrogens is 402 g/mol. The first-order valence-electron chi connectivity index (χ1n) is 8.88. The Kier molecular flexibility index (Phi) is 6.57. The number of esters is 1. The van der Waals surface area contributed by atoms with Crippen LogP contribution in [0.3, 0.4) is 0 Å². The second kappa shape index (κ2) is 9.49. The minimum absolute atomic E-state index is 0.0595. The molecule has 3 aromatic rings. The summed E-state index contributed by atoms with van der Waals surface area (Å²) in [4.78, 5) is 37.3. The van der Waals surface area contributed by atoms with Crippen LogP contribution in [0.25, 0.3) is 17.3 Å². The quantitative estimate of drug-likeness (QED) is 0.618. The summed E-state index contributed by atoms with van der Waals surface area (Å²) in [6, 6.07) is 19.7. The summed E-state index contributed by atoms with van der Waals surface area (Å²) in [5.74, 6) is -1.32. The Morgan fingerprint density at radius 2 is 1.77 bits per heavy atom. The minimum atomic E-state index is -0.702. The molecule has 0 saturated carbocycles. The molecule has 0 aliphatic rings. The van der Waals surface area contributed by atoms with Crippen LogP contribution in [0.1, 0.15) is 5.56 Å². The minimum Gasteiger partial charge on any atom is -0.466 e. The molecule has 8 heteroatoms. The van der Waals surface area contributed by atoms with Crippen molar-refractivity contribution in [3.8, 4) is 11.8 Å². The third-order valence-electron chi connectivity index (χ3n) is 4.14. The number of benzene rings is 2. The zero-order valence-corrected chi connectivity index (χ0v) is 16.8. The van der Waals surface area contributed by atoms with Gasteiger partial charge in [0.05, 0.1) is 12.8 Å². The van der Waals surface area contributed by atoms with Gasteiger partial charge in [0, 0.05) is 12.6 Å². The molecule has 0 fully saturated rings. The van der Waals surface area contributed by atoms with Gasteiger partial charge in [-0.2, -0.15) is 5.26 Å². The van der Waals surface area contributed by atoms with E-state index in [2.05, 4.69) is 10.1 Å². The predicted octanol–water partition coefficient (Wildman–Crippen LogP) is 0.843. The molecule has 0 aliphatic heterocycles. The maximum absolute atomic E-state index is 12.9. The Balaban J connectivity index is 2.16. The first-order valence-corrected chi connectivity index (χ1v) is 9.70. The Hall–Kier alpha value is -3.96. The number of hydrogen-bond acceptors (Lipinski definition) is 6. The van der Waals surface area contributed by atoms with Crippen LogP contribution in [0.15, 0.2) is 65.5 Å². The van der Waals surface area contributed by atoms with Gasteiger partial charge in [-0.05, 0) is 17.7 Å². The van der Waals surface area contributed by atoms with Gasteiger partial charge in [-0.15, -0.1) is 11.3 Å². The van der Waals surface area contributed by atoms with Crippen molar-refractivity contribution in [2.24, 2.45) is 0 Å². The summed E-state index contributed by atoms with van der Waals surface area (Å²) in [5, 5.41) is 12.4. The number of hydrogen-bond donors (Lipinski definition) is 1. The highest BCUT2D eigenvalue weighted by Crippen LogP contribution is 2.04. The van der Waals surface area contributed by atoms with Gasteiger partial charge in [0.25, 0.3) is 11.5 Å². The van der Waals surface area contributed by atoms with Crippen molar-refractivity contribution in [2.75, 3.05) is 7.11 Å². The molecule has 150 valence electrons.